The van der Waals surface area contributed by atoms with Crippen LogP contribution in [-0.2, 0) is 6.42 Å². The molecular formula is C12H12FN3O. The third kappa shape index (κ3) is 2.39. The Morgan fingerprint density at radius 1 is 1.47 bits per heavy atom. The highest BCUT2D eigenvalue weighted by Crippen LogP contribution is 2.08. The van der Waals surface area contributed by atoms with Gasteiger partial charge in [0, 0.05) is 23.9 Å². The van der Waals surface area contributed by atoms with Crippen molar-refractivity contribution in [3.63, 3.8) is 0 Å². The molecular weight excluding hydrogens is 221 g/mol. The molecule has 0 spiro atoms. The minimum Gasteiger partial charge on any atom is -0.330 e. The first kappa shape index (κ1) is 11.5. The summed E-state index contributed by atoms with van der Waals surface area (Å²) in [5.41, 5.74) is 6.46. The van der Waals surface area contributed by atoms with E-state index in [1.54, 1.807) is 12.3 Å². The van der Waals surface area contributed by atoms with Crippen LogP contribution in [-0.4, -0.2) is 22.0 Å². The van der Waals surface area contributed by atoms with Crippen molar-refractivity contribution < 1.29 is 9.18 Å². The highest BCUT2D eigenvalue weighted by Gasteiger charge is 2.12. The number of nitrogens with two attached hydrogens (primary N) is 1. The molecule has 1 heterocycles. The zero-order valence-corrected chi connectivity index (χ0v) is 9.14. The van der Waals surface area contributed by atoms with Crippen molar-refractivity contribution in [2.24, 2.45) is 5.73 Å². The van der Waals surface area contributed by atoms with E-state index >= 15 is 0 Å². The van der Waals surface area contributed by atoms with E-state index in [0.717, 1.165) is 5.69 Å². The number of halogens is 1. The Balaban J connectivity index is 2.33. The van der Waals surface area contributed by atoms with E-state index in [9.17, 15) is 9.18 Å². The Labute approximate surface area is 97.9 Å². The lowest BCUT2D eigenvalue weighted by Crippen LogP contribution is -2.16. The first-order chi connectivity index (χ1) is 8.22. The summed E-state index contributed by atoms with van der Waals surface area (Å²) in [6.07, 6.45) is 3.56. The number of nitrogens with zero attached hydrogens (tertiary/aromatic N) is 2. The van der Waals surface area contributed by atoms with Gasteiger partial charge in [0.15, 0.2) is 0 Å². The topological polar surface area (TPSA) is 60.9 Å². The molecule has 0 aliphatic rings. The maximum Gasteiger partial charge on any atom is 0.263 e. The number of aromatic nitrogens is 2. The predicted molar refractivity (Wildman–Crippen MR) is 61.1 cm³/mol. The Bertz CT molecular complexity index is 536. The molecule has 1 aromatic heterocycles. The number of rotatable bonds is 3. The van der Waals surface area contributed by atoms with Gasteiger partial charge in [-0.2, -0.15) is 0 Å². The molecule has 0 aliphatic heterocycles. The molecule has 0 unspecified atom stereocenters. The second-order valence-corrected chi connectivity index (χ2v) is 3.61. The summed E-state index contributed by atoms with van der Waals surface area (Å²) in [5.74, 6) is -0.734. The van der Waals surface area contributed by atoms with E-state index in [0.29, 0.717) is 18.5 Å². The number of hydrogen-bond donors (Lipinski definition) is 1. The van der Waals surface area contributed by atoms with Gasteiger partial charge in [-0.15, -0.1) is 0 Å². The normalized spacial score (nSPS) is 10.5. The average molecular weight is 233 g/mol. The van der Waals surface area contributed by atoms with Gasteiger partial charge in [0.2, 0.25) is 0 Å². The molecule has 0 atom stereocenters. The fourth-order valence-corrected chi connectivity index (χ4v) is 1.60. The lowest BCUT2D eigenvalue weighted by molar-refractivity contribution is 0.0956. The van der Waals surface area contributed by atoms with Crippen molar-refractivity contribution in [1.82, 2.24) is 9.55 Å². The van der Waals surface area contributed by atoms with Gasteiger partial charge >= 0.3 is 0 Å². The summed E-state index contributed by atoms with van der Waals surface area (Å²) in [7, 11) is 0. The van der Waals surface area contributed by atoms with E-state index in [-0.39, 0.29) is 5.91 Å². The van der Waals surface area contributed by atoms with Crippen LogP contribution < -0.4 is 5.73 Å². The van der Waals surface area contributed by atoms with Gasteiger partial charge in [0.25, 0.3) is 5.91 Å². The second-order valence-electron chi connectivity index (χ2n) is 3.61. The zero-order chi connectivity index (χ0) is 12.3. The minimum absolute atomic E-state index is 0.293. The van der Waals surface area contributed by atoms with Crippen molar-refractivity contribution in [3.8, 4) is 0 Å². The van der Waals surface area contributed by atoms with Crippen LogP contribution >= 0.6 is 0 Å². The Kier molecular flexibility index (Phi) is 3.30. The average Bonchev–Trinajstić information content (AvgIpc) is 2.77. The van der Waals surface area contributed by atoms with E-state index in [1.165, 1.54) is 29.1 Å². The van der Waals surface area contributed by atoms with E-state index in [4.69, 9.17) is 5.73 Å². The smallest absolute Gasteiger partial charge is 0.263 e. The third-order valence-electron chi connectivity index (χ3n) is 2.41. The summed E-state index contributed by atoms with van der Waals surface area (Å²) < 4.78 is 14.4. The van der Waals surface area contributed by atoms with E-state index in [2.05, 4.69) is 4.98 Å². The van der Waals surface area contributed by atoms with Crippen LogP contribution in [0.3, 0.4) is 0 Å². The monoisotopic (exact) mass is 233 g/mol. The third-order valence-corrected chi connectivity index (χ3v) is 2.41. The molecule has 4 nitrogen and oxygen atoms in total. The van der Waals surface area contributed by atoms with Gasteiger partial charge in [0.1, 0.15) is 12.1 Å². The van der Waals surface area contributed by atoms with Crippen molar-refractivity contribution in [2.45, 2.75) is 6.42 Å². The SMILES string of the molecule is NCCc1cncn1C(=O)c1cccc(F)c1. The molecule has 0 aliphatic carbocycles. The molecule has 2 aromatic rings. The van der Waals surface area contributed by atoms with Crippen LogP contribution in [0.2, 0.25) is 0 Å². The summed E-state index contributed by atoms with van der Waals surface area (Å²) in [6.45, 7) is 0.433. The maximum atomic E-state index is 13.0. The highest BCUT2D eigenvalue weighted by atomic mass is 19.1. The van der Waals surface area contributed by atoms with E-state index < -0.39 is 5.82 Å². The number of carbonyl (C=O) groups excluding carboxylic acids is 1. The molecule has 2 rings (SSSR count). The largest absolute Gasteiger partial charge is 0.330 e. The molecule has 0 amide bonds. The van der Waals surface area contributed by atoms with Gasteiger partial charge in [-0.1, -0.05) is 6.07 Å². The number of carbonyl (C=O) groups is 1. The summed E-state index contributed by atoms with van der Waals surface area (Å²) in [5, 5.41) is 0. The predicted octanol–water partition coefficient (Wildman–Crippen LogP) is 1.21. The quantitative estimate of drug-likeness (QED) is 0.866. The number of benzene rings is 1. The molecule has 0 saturated carbocycles. The van der Waals surface area contributed by atoms with Gasteiger partial charge < -0.3 is 5.73 Å². The molecule has 1 aromatic carbocycles. The van der Waals surface area contributed by atoms with Crippen LogP contribution in [0.15, 0.2) is 36.8 Å². The first-order valence-corrected chi connectivity index (χ1v) is 5.24. The minimum atomic E-state index is -0.434. The highest BCUT2D eigenvalue weighted by molar-refractivity contribution is 5.96. The molecule has 5 heteroatoms. The molecule has 17 heavy (non-hydrogen) atoms. The fourth-order valence-electron chi connectivity index (χ4n) is 1.60. The van der Waals surface area contributed by atoms with Crippen LogP contribution in [0.4, 0.5) is 4.39 Å². The number of imidazole rings is 1. The zero-order valence-electron chi connectivity index (χ0n) is 9.14. The standard InChI is InChI=1S/C12H12FN3O/c13-10-3-1-2-9(6-10)12(17)16-8-15-7-11(16)4-5-14/h1-3,6-8H,4-5,14H2. The summed E-state index contributed by atoms with van der Waals surface area (Å²) in [4.78, 5) is 16.0. The Morgan fingerprint density at radius 2 is 2.29 bits per heavy atom. The molecule has 0 radical (unpaired) electrons. The van der Waals surface area contributed by atoms with Gasteiger partial charge in [-0.3, -0.25) is 9.36 Å². The molecule has 0 saturated heterocycles. The molecule has 0 fully saturated rings. The van der Waals surface area contributed by atoms with Crippen LogP contribution in [0.25, 0.3) is 0 Å². The fraction of sp³-hybridized carbons (Fsp3) is 0.167. The molecule has 0 bridgehead atoms. The van der Waals surface area contributed by atoms with Crippen molar-refractivity contribution >= 4 is 5.91 Å². The molecule has 88 valence electrons. The lowest BCUT2D eigenvalue weighted by Gasteiger charge is -2.05. The van der Waals surface area contributed by atoms with Crippen LogP contribution in [0, 0.1) is 5.82 Å². The van der Waals surface area contributed by atoms with Gasteiger partial charge in [-0.05, 0) is 24.7 Å². The maximum absolute atomic E-state index is 13.0. The summed E-state index contributed by atoms with van der Waals surface area (Å²) >= 11 is 0. The Hall–Kier alpha value is -2.01. The van der Waals surface area contributed by atoms with Crippen LogP contribution in [0.5, 0.6) is 0 Å². The van der Waals surface area contributed by atoms with Gasteiger partial charge in [0.05, 0.1) is 0 Å². The van der Waals surface area contributed by atoms with E-state index in [1.807, 2.05) is 0 Å². The van der Waals surface area contributed by atoms with Crippen molar-refractivity contribution in [2.75, 3.05) is 6.54 Å². The van der Waals surface area contributed by atoms with Gasteiger partial charge in [-0.25, -0.2) is 9.37 Å². The van der Waals surface area contributed by atoms with Crippen LogP contribution in [0.1, 0.15) is 16.1 Å². The van der Waals surface area contributed by atoms with Crippen molar-refractivity contribution in [1.29, 1.82) is 0 Å². The second kappa shape index (κ2) is 4.88. The lowest BCUT2D eigenvalue weighted by atomic mass is 10.2. The first-order valence-electron chi connectivity index (χ1n) is 5.24. The summed E-state index contributed by atoms with van der Waals surface area (Å²) in [6, 6.07) is 5.57. The Morgan fingerprint density at radius 3 is 3.00 bits per heavy atom. The van der Waals surface area contributed by atoms with Crippen molar-refractivity contribution in [3.05, 3.63) is 53.9 Å². The number of hydrogen-bond acceptors (Lipinski definition) is 3. The molecule has 2 N–H and O–H groups in total.